The summed E-state index contributed by atoms with van der Waals surface area (Å²) in [6.45, 7) is 3.98. The molecule has 1 fully saturated rings. The smallest absolute Gasteiger partial charge is 0.125 e. The molecule has 0 unspecified atom stereocenters. The second-order valence-electron chi connectivity index (χ2n) is 4.35. The average molecular weight is 221 g/mol. The largest absolute Gasteiger partial charge is 0.507 e. The lowest BCUT2D eigenvalue weighted by atomic mass is 9.88. The van der Waals surface area contributed by atoms with Crippen LogP contribution in [0, 0.1) is 6.92 Å². The number of nitrogens with one attached hydrogen (secondary N) is 1. The van der Waals surface area contributed by atoms with Crippen LogP contribution in [0.2, 0.25) is 0 Å². The molecule has 1 aromatic rings. The molecule has 1 aromatic carbocycles. The van der Waals surface area contributed by atoms with Gasteiger partial charge in [-0.25, -0.2) is 0 Å². The Labute approximate surface area is 96.4 Å². The third-order valence-corrected chi connectivity index (χ3v) is 3.41. The summed E-state index contributed by atoms with van der Waals surface area (Å²) in [7, 11) is 1.63. The van der Waals surface area contributed by atoms with Gasteiger partial charge in [-0.2, -0.15) is 0 Å². The molecule has 1 saturated heterocycles. The Balaban J connectivity index is 2.30. The lowest BCUT2D eigenvalue weighted by Gasteiger charge is -2.24. The van der Waals surface area contributed by atoms with Crippen molar-refractivity contribution in [1.82, 2.24) is 5.32 Å². The molecule has 0 radical (unpaired) electrons. The predicted octanol–water partition coefficient (Wildman–Crippen LogP) is 2.18. The Morgan fingerprint density at radius 2 is 2.00 bits per heavy atom. The van der Waals surface area contributed by atoms with Crippen LogP contribution in [0.15, 0.2) is 12.1 Å². The van der Waals surface area contributed by atoms with Crippen LogP contribution < -0.4 is 10.1 Å². The summed E-state index contributed by atoms with van der Waals surface area (Å²) in [6, 6.07) is 3.95. The molecule has 2 N–H and O–H groups in total. The van der Waals surface area contributed by atoms with Crippen molar-refractivity contribution >= 4 is 0 Å². The number of aromatic hydroxyl groups is 1. The summed E-state index contributed by atoms with van der Waals surface area (Å²) >= 11 is 0. The summed E-state index contributed by atoms with van der Waals surface area (Å²) in [5.74, 6) is 1.65. The van der Waals surface area contributed by atoms with E-state index in [1.54, 1.807) is 7.11 Å². The first kappa shape index (κ1) is 11.3. The molecule has 0 bridgehead atoms. The minimum absolute atomic E-state index is 0.409. The first-order valence-electron chi connectivity index (χ1n) is 5.81. The fourth-order valence-corrected chi connectivity index (χ4v) is 2.39. The lowest BCUT2D eigenvalue weighted by molar-refractivity contribution is 0.394. The van der Waals surface area contributed by atoms with Gasteiger partial charge in [0.05, 0.1) is 7.11 Å². The average Bonchev–Trinajstić information content (AvgIpc) is 2.34. The molecule has 0 atom stereocenters. The molecule has 88 valence electrons. The van der Waals surface area contributed by atoms with Gasteiger partial charge >= 0.3 is 0 Å². The van der Waals surface area contributed by atoms with Crippen LogP contribution in [0.5, 0.6) is 11.5 Å². The van der Waals surface area contributed by atoms with E-state index in [0.717, 1.165) is 42.8 Å². The topological polar surface area (TPSA) is 41.5 Å². The van der Waals surface area contributed by atoms with Crippen molar-refractivity contribution in [2.75, 3.05) is 20.2 Å². The Kier molecular flexibility index (Phi) is 3.34. The molecule has 0 amide bonds. The van der Waals surface area contributed by atoms with E-state index in [-0.39, 0.29) is 0 Å². The number of piperidine rings is 1. The van der Waals surface area contributed by atoms with Gasteiger partial charge in [-0.1, -0.05) is 6.07 Å². The van der Waals surface area contributed by atoms with Gasteiger partial charge < -0.3 is 15.2 Å². The molecule has 0 spiro atoms. The molecule has 0 aliphatic carbocycles. The highest BCUT2D eigenvalue weighted by molar-refractivity contribution is 5.49. The van der Waals surface area contributed by atoms with Crippen LogP contribution in [0.4, 0.5) is 0 Å². The van der Waals surface area contributed by atoms with Gasteiger partial charge in [0.1, 0.15) is 11.5 Å². The molecule has 1 heterocycles. The van der Waals surface area contributed by atoms with E-state index in [9.17, 15) is 5.11 Å². The van der Waals surface area contributed by atoms with Gasteiger partial charge in [-0.3, -0.25) is 0 Å². The highest BCUT2D eigenvalue weighted by atomic mass is 16.5. The number of hydrogen-bond donors (Lipinski definition) is 2. The van der Waals surface area contributed by atoms with Gasteiger partial charge in [0.25, 0.3) is 0 Å². The quantitative estimate of drug-likeness (QED) is 0.804. The van der Waals surface area contributed by atoms with E-state index < -0.39 is 0 Å². The van der Waals surface area contributed by atoms with E-state index >= 15 is 0 Å². The van der Waals surface area contributed by atoms with Crippen molar-refractivity contribution in [3.8, 4) is 11.5 Å². The molecule has 2 rings (SSSR count). The highest BCUT2D eigenvalue weighted by Gasteiger charge is 2.20. The number of phenolic OH excluding ortho intramolecular Hbond substituents is 1. The number of rotatable bonds is 2. The van der Waals surface area contributed by atoms with Crippen molar-refractivity contribution in [3.05, 3.63) is 23.3 Å². The Morgan fingerprint density at radius 1 is 1.31 bits per heavy atom. The van der Waals surface area contributed by atoms with Crippen LogP contribution >= 0.6 is 0 Å². The molecular formula is C13H19NO2. The summed E-state index contributed by atoms with van der Waals surface area (Å²) < 4.78 is 5.20. The molecule has 0 saturated carbocycles. The number of phenols is 1. The predicted molar refractivity (Wildman–Crippen MR) is 64.2 cm³/mol. The van der Waals surface area contributed by atoms with Gasteiger partial charge in [-0.15, -0.1) is 0 Å². The number of ether oxygens (including phenoxy) is 1. The molecule has 1 aliphatic heterocycles. The van der Waals surface area contributed by atoms with Crippen molar-refractivity contribution in [2.24, 2.45) is 0 Å². The van der Waals surface area contributed by atoms with Crippen LogP contribution in [0.25, 0.3) is 0 Å². The molecule has 1 aliphatic rings. The summed E-state index contributed by atoms with van der Waals surface area (Å²) in [6.07, 6.45) is 2.19. The maximum atomic E-state index is 10.2. The first-order chi connectivity index (χ1) is 7.74. The number of methoxy groups -OCH3 is 1. The second kappa shape index (κ2) is 4.74. The monoisotopic (exact) mass is 221 g/mol. The standard InChI is InChI=1S/C13H19NO2/c1-9-12(16-2)4-3-11(13(9)15)10-5-7-14-8-6-10/h3-4,10,14-15H,5-8H2,1-2H3. The van der Waals surface area contributed by atoms with Gasteiger partial charge in [0, 0.05) is 5.56 Å². The maximum absolute atomic E-state index is 10.2. The third-order valence-electron chi connectivity index (χ3n) is 3.41. The zero-order valence-electron chi connectivity index (χ0n) is 9.92. The molecule has 3 heteroatoms. The number of hydrogen-bond acceptors (Lipinski definition) is 3. The normalized spacial score (nSPS) is 17.4. The highest BCUT2D eigenvalue weighted by Crippen LogP contribution is 2.37. The van der Waals surface area contributed by atoms with Crippen molar-refractivity contribution in [1.29, 1.82) is 0 Å². The molecular weight excluding hydrogens is 202 g/mol. The molecule has 16 heavy (non-hydrogen) atoms. The van der Waals surface area contributed by atoms with Gasteiger partial charge in [-0.05, 0) is 50.4 Å². The molecule has 0 aromatic heterocycles. The Bertz CT molecular complexity index is 370. The second-order valence-corrected chi connectivity index (χ2v) is 4.35. The lowest BCUT2D eigenvalue weighted by Crippen LogP contribution is -2.26. The van der Waals surface area contributed by atoms with E-state index in [2.05, 4.69) is 5.32 Å². The Hall–Kier alpha value is -1.22. The van der Waals surface area contributed by atoms with Gasteiger partial charge in [0.15, 0.2) is 0 Å². The van der Waals surface area contributed by atoms with Crippen LogP contribution in [0.1, 0.15) is 29.9 Å². The van der Waals surface area contributed by atoms with Crippen LogP contribution in [-0.2, 0) is 0 Å². The van der Waals surface area contributed by atoms with Crippen molar-refractivity contribution in [3.63, 3.8) is 0 Å². The summed E-state index contributed by atoms with van der Waals surface area (Å²) in [5, 5.41) is 13.5. The minimum atomic E-state index is 0.409. The fourth-order valence-electron chi connectivity index (χ4n) is 2.39. The maximum Gasteiger partial charge on any atom is 0.125 e. The van der Waals surface area contributed by atoms with E-state index in [1.807, 2.05) is 19.1 Å². The van der Waals surface area contributed by atoms with E-state index in [4.69, 9.17) is 4.74 Å². The first-order valence-corrected chi connectivity index (χ1v) is 5.81. The van der Waals surface area contributed by atoms with Crippen LogP contribution in [0.3, 0.4) is 0 Å². The zero-order chi connectivity index (χ0) is 11.5. The van der Waals surface area contributed by atoms with E-state index in [0.29, 0.717) is 11.7 Å². The SMILES string of the molecule is COc1ccc(C2CCNCC2)c(O)c1C. The minimum Gasteiger partial charge on any atom is -0.507 e. The molecule has 3 nitrogen and oxygen atoms in total. The van der Waals surface area contributed by atoms with Crippen molar-refractivity contribution in [2.45, 2.75) is 25.7 Å². The summed E-state index contributed by atoms with van der Waals surface area (Å²) in [4.78, 5) is 0. The third kappa shape index (κ3) is 2.00. The summed E-state index contributed by atoms with van der Waals surface area (Å²) in [5.41, 5.74) is 1.92. The van der Waals surface area contributed by atoms with E-state index in [1.165, 1.54) is 0 Å². The fraction of sp³-hybridized carbons (Fsp3) is 0.538. The zero-order valence-corrected chi connectivity index (χ0v) is 9.92. The number of benzene rings is 1. The van der Waals surface area contributed by atoms with Gasteiger partial charge in [0.2, 0.25) is 0 Å². The van der Waals surface area contributed by atoms with Crippen molar-refractivity contribution < 1.29 is 9.84 Å². The Morgan fingerprint density at radius 3 is 2.62 bits per heavy atom. The van der Waals surface area contributed by atoms with Crippen LogP contribution in [-0.4, -0.2) is 25.3 Å².